The van der Waals surface area contributed by atoms with Crippen LogP contribution in [0.4, 0.5) is 4.79 Å². The molecule has 0 bridgehead atoms. The fourth-order valence-electron chi connectivity index (χ4n) is 2.86. The van der Waals surface area contributed by atoms with Gasteiger partial charge in [-0.3, -0.25) is 4.90 Å². The quantitative estimate of drug-likeness (QED) is 0.741. The van der Waals surface area contributed by atoms with E-state index in [0.717, 1.165) is 23.6 Å². The van der Waals surface area contributed by atoms with Gasteiger partial charge in [-0.25, -0.2) is 14.8 Å². The molecular formula is C13H17N3O2S. The van der Waals surface area contributed by atoms with Crippen LogP contribution in [0, 0.1) is 0 Å². The summed E-state index contributed by atoms with van der Waals surface area (Å²) in [6.07, 6.45) is 7.64. The highest BCUT2D eigenvalue weighted by Crippen LogP contribution is 2.33. The fourth-order valence-corrected chi connectivity index (χ4v) is 3.23. The van der Waals surface area contributed by atoms with E-state index in [-0.39, 0.29) is 18.3 Å². The first-order valence-electron chi connectivity index (χ1n) is 6.57. The van der Waals surface area contributed by atoms with Crippen LogP contribution in [0.2, 0.25) is 0 Å². The van der Waals surface area contributed by atoms with Crippen LogP contribution in [-0.2, 0) is 4.74 Å². The van der Waals surface area contributed by atoms with Gasteiger partial charge in [0.25, 0.3) is 0 Å². The second-order valence-corrected chi connectivity index (χ2v) is 5.75. The third kappa shape index (κ3) is 2.18. The van der Waals surface area contributed by atoms with Crippen LogP contribution in [0.1, 0.15) is 32.6 Å². The predicted molar refractivity (Wildman–Crippen MR) is 76.5 cm³/mol. The number of amidine groups is 1. The average Bonchev–Trinajstić information content (AvgIpc) is 2.92. The lowest BCUT2D eigenvalue weighted by molar-refractivity contribution is 0.0820. The molecule has 1 aliphatic carbocycles. The molecule has 1 atom stereocenters. The van der Waals surface area contributed by atoms with Crippen molar-refractivity contribution in [2.45, 2.75) is 44.8 Å². The maximum Gasteiger partial charge on any atom is 0.417 e. The van der Waals surface area contributed by atoms with E-state index in [9.17, 15) is 4.79 Å². The van der Waals surface area contributed by atoms with Crippen LogP contribution in [0.5, 0.6) is 0 Å². The van der Waals surface area contributed by atoms with E-state index >= 15 is 0 Å². The Morgan fingerprint density at radius 1 is 1.42 bits per heavy atom. The summed E-state index contributed by atoms with van der Waals surface area (Å²) in [6, 6.07) is 0.249. The van der Waals surface area contributed by atoms with E-state index in [2.05, 4.69) is 9.98 Å². The second kappa shape index (κ2) is 5.00. The van der Waals surface area contributed by atoms with E-state index in [0.29, 0.717) is 5.76 Å². The number of amides is 1. The van der Waals surface area contributed by atoms with E-state index < -0.39 is 0 Å². The van der Waals surface area contributed by atoms with Crippen molar-refractivity contribution in [2.24, 2.45) is 9.98 Å². The Bertz CT molecular complexity index is 492. The van der Waals surface area contributed by atoms with Gasteiger partial charge in [-0.15, -0.1) is 0 Å². The van der Waals surface area contributed by atoms with E-state index in [4.69, 9.17) is 4.74 Å². The highest BCUT2D eigenvalue weighted by Gasteiger charge is 2.40. The van der Waals surface area contributed by atoms with Crippen LogP contribution >= 0.6 is 11.8 Å². The van der Waals surface area contributed by atoms with Crippen molar-refractivity contribution in [1.29, 1.82) is 0 Å². The van der Waals surface area contributed by atoms with Crippen LogP contribution in [0.25, 0.3) is 0 Å². The van der Waals surface area contributed by atoms with Crippen molar-refractivity contribution >= 4 is 29.2 Å². The van der Waals surface area contributed by atoms with Crippen LogP contribution in [0.3, 0.4) is 0 Å². The van der Waals surface area contributed by atoms with Crippen molar-refractivity contribution in [2.75, 3.05) is 6.26 Å². The normalized spacial score (nSPS) is 27.5. The summed E-state index contributed by atoms with van der Waals surface area (Å²) in [4.78, 5) is 22.9. The number of rotatable bonds is 1. The predicted octanol–water partition coefficient (Wildman–Crippen LogP) is 2.78. The SMILES string of the molecule is CSC1=NC2C(=C(C)OC(=O)N2C2CCCC2)C=N1. The number of fused-ring (bicyclic) bond motifs is 1. The zero-order chi connectivity index (χ0) is 13.4. The van der Waals surface area contributed by atoms with Crippen LogP contribution in [-0.4, -0.2) is 40.8 Å². The molecule has 0 aromatic carbocycles. The molecule has 3 rings (SSSR count). The van der Waals surface area contributed by atoms with E-state index in [1.807, 2.05) is 6.26 Å². The third-order valence-electron chi connectivity index (χ3n) is 3.85. The maximum absolute atomic E-state index is 12.2. The minimum absolute atomic E-state index is 0.246. The molecule has 1 fully saturated rings. The highest BCUT2D eigenvalue weighted by molar-refractivity contribution is 8.13. The first kappa shape index (κ1) is 12.7. The summed E-state index contributed by atoms with van der Waals surface area (Å²) in [5, 5.41) is 0.722. The fraction of sp³-hybridized carbons (Fsp3) is 0.615. The van der Waals surface area contributed by atoms with Gasteiger partial charge >= 0.3 is 6.09 Å². The minimum Gasteiger partial charge on any atom is -0.414 e. The number of thioether (sulfide) groups is 1. The molecule has 0 aromatic heterocycles. The summed E-state index contributed by atoms with van der Waals surface area (Å²) in [5.74, 6) is 0.622. The molecule has 0 N–H and O–H groups in total. The van der Waals surface area contributed by atoms with Gasteiger partial charge in [-0.05, 0) is 26.0 Å². The summed E-state index contributed by atoms with van der Waals surface area (Å²) < 4.78 is 5.35. The molecule has 0 saturated heterocycles. The number of ether oxygens (including phenoxy) is 1. The average molecular weight is 279 g/mol. The largest absolute Gasteiger partial charge is 0.417 e. The molecule has 6 heteroatoms. The van der Waals surface area contributed by atoms with Crippen molar-refractivity contribution < 1.29 is 9.53 Å². The van der Waals surface area contributed by atoms with E-state index in [1.165, 1.54) is 24.6 Å². The van der Waals surface area contributed by atoms with Gasteiger partial charge in [0, 0.05) is 12.3 Å². The Hall–Kier alpha value is -1.30. The molecule has 102 valence electrons. The number of hydrogen-bond donors (Lipinski definition) is 0. The van der Waals surface area contributed by atoms with Crippen molar-refractivity contribution in [3.8, 4) is 0 Å². The zero-order valence-corrected chi connectivity index (χ0v) is 11.9. The molecule has 5 nitrogen and oxygen atoms in total. The zero-order valence-electron chi connectivity index (χ0n) is 11.1. The number of aliphatic imine (C=N–C) groups is 2. The molecule has 2 heterocycles. The molecule has 19 heavy (non-hydrogen) atoms. The van der Waals surface area contributed by atoms with Gasteiger partial charge in [0.2, 0.25) is 0 Å². The monoisotopic (exact) mass is 279 g/mol. The molecule has 0 spiro atoms. The molecule has 1 saturated carbocycles. The first-order chi connectivity index (χ1) is 9.20. The summed E-state index contributed by atoms with van der Waals surface area (Å²) in [7, 11) is 0. The lowest BCUT2D eigenvalue weighted by Crippen LogP contribution is -2.50. The molecule has 0 radical (unpaired) electrons. The van der Waals surface area contributed by atoms with Gasteiger partial charge < -0.3 is 4.74 Å². The van der Waals surface area contributed by atoms with Gasteiger partial charge in [-0.2, -0.15) is 0 Å². The van der Waals surface area contributed by atoms with Crippen molar-refractivity contribution in [1.82, 2.24) is 4.90 Å². The molecule has 0 aromatic rings. The Morgan fingerprint density at radius 2 is 2.16 bits per heavy atom. The molecule has 1 amide bonds. The van der Waals surface area contributed by atoms with Crippen LogP contribution < -0.4 is 0 Å². The Labute approximate surface area is 116 Å². The van der Waals surface area contributed by atoms with Crippen LogP contribution in [0.15, 0.2) is 21.3 Å². The maximum atomic E-state index is 12.2. The lowest BCUT2D eigenvalue weighted by atomic mass is 10.1. The summed E-state index contributed by atoms with van der Waals surface area (Å²) in [5.41, 5.74) is 0.907. The number of allylic oxidation sites excluding steroid dienone is 1. The molecule has 1 unspecified atom stereocenters. The highest BCUT2D eigenvalue weighted by atomic mass is 32.2. The lowest BCUT2D eigenvalue weighted by Gasteiger charge is -2.38. The number of nitrogens with zero attached hydrogens (tertiary/aromatic N) is 3. The molecule has 3 aliphatic rings. The minimum atomic E-state index is -0.266. The number of hydrogen-bond acceptors (Lipinski definition) is 5. The second-order valence-electron chi connectivity index (χ2n) is 4.97. The van der Waals surface area contributed by atoms with Crippen molar-refractivity contribution in [3.63, 3.8) is 0 Å². The van der Waals surface area contributed by atoms with Gasteiger partial charge in [-0.1, -0.05) is 24.6 Å². The number of carbonyl (C=O) groups is 1. The van der Waals surface area contributed by atoms with Gasteiger partial charge in [0.1, 0.15) is 5.76 Å². The Balaban J connectivity index is 1.98. The first-order valence-corrected chi connectivity index (χ1v) is 7.80. The van der Waals surface area contributed by atoms with Crippen molar-refractivity contribution in [3.05, 3.63) is 11.3 Å². The topological polar surface area (TPSA) is 54.3 Å². The van der Waals surface area contributed by atoms with Gasteiger partial charge in [0.05, 0.1) is 5.57 Å². The third-order valence-corrected chi connectivity index (χ3v) is 4.42. The van der Waals surface area contributed by atoms with Gasteiger partial charge in [0.15, 0.2) is 11.3 Å². The molecular weight excluding hydrogens is 262 g/mol. The Kier molecular flexibility index (Phi) is 3.35. The summed E-state index contributed by atoms with van der Waals surface area (Å²) in [6.45, 7) is 1.80. The molecule has 2 aliphatic heterocycles. The van der Waals surface area contributed by atoms with E-state index in [1.54, 1.807) is 18.0 Å². The Morgan fingerprint density at radius 3 is 2.84 bits per heavy atom. The number of carbonyl (C=O) groups excluding carboxylic acids is 1. The summed E-state index contributed by atoms with van der Waals surface area (Å²) >= 11 is 1.50. The number of cyclic esters (lactones) is 1. The smallest absolute Gasteiger partial charge is 0.414 e. The standard InChI is InChI=1S/C13H17N3O2S/c1-8-10-7-14-12(19-2)15-11(10)16(13(17)18-8)9-5-3-4-6-9/h7,9,11H,3-6H2,1-2H3.